The van der Waals surface area contributed by atoms with Crippen LogP contribution in [0.1, 0.15) is 27.2 Å². The van der Waals surface area contributed by atoms with Crippen LogP contribution in [0.5, 0.6) is 0 Å². The Kier molecular flexibility index (Phi) is 6.20. The standard InChI is InChI=1S/C15H26N2O4/c1-11(2)9-21-8-6-16-14(20)17-7-5-15(10-17,12(3)4)13(18)19/h12H,1,5-10H2,2-4H3,(H,16,20)(H,18,19). The number of ether oxygens (including phenoxy) is 1. The molecule has 1 aliphatic heterocycles. The third-order valence-electron chi connectivity index (χ3n) is 3.99. The van der Waals surface area contributed by atoms with Gasteiger partial charge in [-0.1, -0.05) is 26.0 Å². The number of rotatable bonds is 7. The van der Waals surface area contributed by atoms with E-state index in [1.54, 1.807) is 4.90 Å². The van der Waals surface area contributed by atoms with Gasteiger partial charge in [0.05, 0.1) is 18.6 Å². The van der Waals surface area contributed by atoms with Gasteiger partial charge >= 0.3 is 12.0 Å². The van der Waals surface area contributed by atoms with Crippen LogP contribution in [-0.2, 0) is 9.53 Å². The van der Waals surface area contributed by atoms with Crippen LogP contribution in [0.3, 0.4) is 0 Å². The average molecular weight is 298 g/mol. The molecule has 2 N–H and O–H groups in total. The summed E-state index contributed by atoms with van der Waals surface area (Å²) >= 11 is 0. The zero-order valence-electron chi connectivity index (χ0n) is 13.1. The van der Waals surface area contributed by atoms with Crippen LogP contribution in [0.15, 0.2) is 12.2 Å². The van der Waals surface area contributed by atoms with E-state index in [0.29, 0.717) is 32.7 Å². The molecule has 21 heavy (non-hydrogen) atoms. The van der Waals surface area contributed by atoms with Gasteiger partial charge in [0.15, 0.2) is 0 Å². The minimum Gasteiger partial charge on any atom is -0.481 e. The Bertz CT molecular complexity index is 408. The number of hydrogen-bond donors (Lipinski definition) is 2. The average Bonchev–Trinajstić information content (AvgIpc) is 2.84. The topological polar surface area (TPSA) is 78.9 Å². The number of nitrogens with zero attached hydrogens (tertiary/aromatic N) is 1. The normalized spacial score (nSPS) is 21.6. The first-order chi connectivity index (χ1) is 9.79. The number of amides is 2. The van der Waals surface area contributed by atoms with Gasteiger partial charge in [-0.15, -0.1) is 0 Å². The number of carbonyl (C=O) groups excluding carboxylic acids is 1. The summed E-state index contributed by atoms with van der Waals surface area (Å²) in [6.07, 6.45) is 0.500. The summed E-state index contributed by atoms with van der Waals surface area (Å²) in [5.41, 5.74) is 0.109. The van der Waals surface area contributed by atoms with E-state index in [-0.39, 0.29) is 18.5 Å². The summed E-state index contributed by atoms with van der Waals surface area (Å²) < 4.78 is 5.30. The maximum Gasteiger partial charge on any atom is 0.317 e. The zero-order chi connectivity index (χ0) is 16.0. The minimum atomic E-state index is -0.826. The highest BCUT2D eigenvalue weighted by Crippen LogP contribution is 2.38. The molecule has 6 heteroatoms. The smallest absolute Gasteiger partial charge is 0.317 e. The van der Waals surface area contributed by atoms with Crippen molar-refractivity contribution < 1.29 is 19.4 Å². The fourth-order valence-electron chi connectivity index (χ4n) is 2.49. The molecule has 0 aromatic heterocycles. The third kappa shape index (κ3) is 4.46. The predicted octanol–water partition coefficient (Wildman–Crippen LogP) is 1.72. The van der Waals surface area contributed by atoms with E-state index < -0.39 is 11.4 Å². The molecule has 0 bridgehead atoms. The number of carbonyl (C=O) groups is 2. The first-order valence-corrected chi connectivity index (χ1v) is 7.28. The summed E-state index contributed by atoms with van der Waals surface area (Å²) in [7, 11) is 0. The molecule has 1 unspecified atom stereocenters. The zero-order valence-corrected chi connectivity index (χ0v) is 13.1. The summed E-state index contributed by atoms with van der Waals surface area (Å²) in [5, 5.41) is 12.2. The van der Waals surface area contributed by atoms with Crippen molar-refractivity contribution in [2.75, 3.05) is 32.8 Å². The maximum atomic E-state index is 12.0. The Balaban J connectivity index is 2.40. The third-order valence-corrected chi connectivity index (χ3v) is 3.99. The molecule has 6 nitrogen and oxygen atoms in total. The first-order valence-electron chi connectivity index (χ1n) is 7.28. The fraction of sp³-hybridized carbons (Fsp3) is 0.733. The first kappa shape index (κ1) is 17.5. The van der Waals surface area contributed by atoms with Crippen LogP contribution in [0, 0.1) is 11.3 Å². The molecule has 0 aliphatic carbocycles. The fourth-order valence-corrected chi connectivity index (χ4v) is 2.49. The van der Waals surface area contributed by atoms with Crippen molar-refractivity contribution in [3.63, 3.8) is 0 Å². The van der Waals surface area contributed by atoms with Crippen molar-refractivity contribution in [3.8, 4) is 0 Å². The lowest BCUT2D eigenvalue weighted by Gasteiger charge is -2.28. The predicted molar refractivity (Wildman–Crippen MR) is 80.1 cm³/mol. The number of urea groups is 1. The van der Waals surface area contributed by atoms with Crippen LogP contribution >= 0.6 is 0 Å². The number of carboxylic acid groups (broad SMARTS) is 1. The molecule has 1 heterocycles. The quantitative estimate of drug-likeness (QED) is 0.554. The lowest BCUT2D eigenvalue weighted by Crippen LogP contribution is -2.44. The van der Waals surface area contributed by atoms with E-state index in [9.17, 15) is 14.7 Å². The maximum absolute atomic E-state index is 12.0. The van der Waals surface area contributed by atoms with Crippen molar-refractivity contribution in [2.45, 2.75) is 27.2 Å². The van der Waals surface area contributed by atoms with Crippen LogP contribution in [-0.4, -0.2) is 54.9 Å². The molecule has 1 aliphatic rings. The summed E-state index contributed by atoms with van der Waals surface area (Å²) in [5.74, 6) is -0.829. The second-order valence-electron chi connectivity index (χ2n) is 6.03. The molecule has 1 saturated heterocycles. The van der Waals surface area contributed by atoms with Gasteiger partial charge in [0.2, 0.25) is 0 Å². The van der Waals surface area contributed by atoms with Gasteiger partial charge in [-0.25, -0.2) is 4.79 Å². The van der Waals surface area contributed by atoms with E-state index >= 15 is 0 Å². The Hall–Kier alpha value is -1.56. The molecule has 0 spiro atoms. The highest BCUT2D eigenvalue weighted by molar-refractivity contribution is 5.80. The summed E-state index contributed by atoms with van der Waals surface area (Å²) in [6.45, 7) is 11.4. The summed E-state index contributed by atoms with van der Waals surface area (Å²) in [4.78, 5) is 25.1. The Morgan fingerprint density at radius 3 is 2.62 bits per heavy atom. The second kappa shape index (κ2) is 7.45. The van der Waals surface area contributed by atoms with E-state index in [4.69, 9.17) is 4.74 Å². The Labute approximate surface area is 126 Å². The largest absolute Gasteiger partial charge is 0.481 e. The van der Waals surface area contributed by atoms with Gasteiger partial charge < -0.3 is 20.1 Å². The molecule has 1 fully saturated rings. The van der Waals surface area contributed by atoms with Crippen molar-refractivity contribution in [1.29, 1.82) is 0 Å². The Morgan fingerprint density at radius 2 is 2.14 bits per heavy atom. The lowest BCUT2D eigenvalue weighted by atomic mass is 9.76. The van der Waals surface area contributed by atoms with Gasteiger partial charge in [-0.3, -0.25) is 4.79 Å². The van der Waals surface area contributed by atoms with Crippen LogP contribution in [0.4, 0.5) is 4.79 Å². The van der Waals surface area contributed by atoms with Gasteiger partial charge in [-0.2, -0.15) is 0 Å². The molecule has 1 atom stereocenters. The van der Waals surface area contributed by atoms with Gasteiger partial charge in [-0.05, 0) is 19.3 Å². The van der Waals surface area contributed by atoms with E-state index in [1.165, 1.54) is 0 Å². The van der Waals surface area contributed by atoms with Crippen molar-refractivity contribution in [3.05, 3.63) is 12.2 Å². The molecule has 1 rings (SSSR count). The van der Waals surface area contributed by atoms with Gasteiger partial charge in [0.25, 0.3) is 0 Å². The van der Waals surface area contributed by atoms with Crippen LogP contribution in [0.2, 0.25) is 0 Å². The van der Waals surface area contributed by atoms with E-state index in [1.807, 2.05) is 20.8 Å². The van der Waals surface area contributed by atoms with Crippen LogP contribution < -0.4 is 5.32 Å². The van der Waals surface area contributed by atoms with E-state index in [2.05, 4.69) is 11.9 Å². The Morgan fingerprint density at radius 1 is 1.48 bits per heavy atom. The van der Waals surface area contributed by atoms with Crippen molar-refractivity contribution >= 4 is 12.0 Å². The number of carboxylic acids is 1. The van der Waals surface area contributed by atoms with Gasteiger partial charge in [0, 0.05) is 19.6 Å². The number of likely N-dealkylation sites (tertiary alicyclic amines) is 1. The van der Waals surface area contributed by atoms with E-state index in [0.717, 1.165) is 5.57 Å². The molecule has 0 aromatic carbocycles. The monoisotopic (exact) mass is 298 g/mol. The van der Waals surface area contributed by atoms with Crippen molar-refractivity contribution in [2.24, 2.45) is 11.3 Å². The minimum absolute atomic E-state index is 0.00769. The molecule has 0 radical (unpaired) electrons. The number of aliphatic carboxylic acids is 1. The molecule has 2 amide bonds. The lowest BCUT2D eigenvalue weighted by molar-refractivity contribution is -0.150. The molecule has 0 aromatic rings. The molecule has 120 valence electrons. The highest BCUT2D eigenvalue weighted by atomic mass is 16.5. The number of hydrogen-bond acceptors (Lipinski definition) is 3. The molecule has 0 saturated carbocycles. The SMILES string of the molecule is C=C(C)COCCNC(=O)N1CCC(C(=O)O)(C(C)C)C1. The molecular weight excluding hydrogens is 272 g/mol. The summed E-state index contributed by atoms with van der Waals surface area (Å²) in [6, 6.07) is -0.224. The second-order valence-corrected chi connectivity index (χ2v) is 6.03. The molecular formula is C15H26N2O4. The number of nitrogens with one attached hydrogen (secondary N) is 1. The highest BCUT2D eigenvalue weighted by Gasteiger charge is 2.48. The van der Waals surface area contributed by atoms with Gasteiger partial charge in [0.1, 0.15) is 0 Å². The van der Waals surface area contributed by atoms with Crippen LogP contribution in [0.25, 0.3) is 0 Å². The van der Waals surface area contributed by atoms with Crippen molar-refractivity contribution in [1.82, 2.24) is 10.2 Å².